The minimum Gasteiger partial charge on any atom is -0.508 e. The second-order valence-corrected chi connectivity index (χ2v) is 9.36. The summed E-state index contributed by atoms with van der Waals surface area (Å²) in [7, 11) is 0. The maximum Gasteiger partial charge on any atom is 0.317 e. The van der Waals surface area contributed by atoms with Gasteiger partial charge in [0.1, 0.15) is 18.1 Å². The van der Waals surface area contributed by atoms with Crippen LogP contribution >= 0.6 is 0 Å². The van der Waals surface area contributed by atoms with E-state index >= 15 is 0 Å². The summed E-state index contributed by atoms with van der Waals surface area (Å²) in [5.41, 5.74) is 1.71. The number of phenolic OH excluding ortho intramolecular Hbond substituents is 1. The monoisotopic (exact) mass is 593 g/mol. The molecule has 0 saturated carbocycles. The normalized spacial score (nSPS) is 12.0. The second kappa shape index (κ2) is 17.5. The smallest absolute Gasteiger partial charge is 0.317 e. The van der Waals surface area contributed by atoms with Crippen LogP contribution < -0.4 is 4.74 Å². The molecule has 0 bridgehead atoms. The van der Waals surface area contributed by atoms with Gasteiger partial charge in [-0.05, 0) is 35.4 Å². The summed E-state index contributed by atoms with van der Waals surface area (Å²) in [5.74, 6) is -4.31. The predicted octanol–water partition coefficient (Wildman–Crippen LogP) is 0.541. The van der Waals surface area contributed by atoms with E-state index < -0.39 is 56.1 Å². The van der Waals surface area contributed by atoms with Crippen LogP contribution in [0.4, 0.5) is 0 Å². The average molecular weight is 594 g/mol. The van der Waals surface area contributed by atoms with Crippen LogP contribution in [0.1, 0.15) is 0 Å². The standard InChI is InChI=1S/C27H35N3O12/c31-22-5-1-19(2-6-22)20-3-7-23(8-4-20)41-18-21(30(11-12-42-40)17-27(38)39)13-28(14-24(32)33)9-10-29(15-25(34)35)16-26(36)37/h1-8,21,31,40H,9-18H2,(H,32,33)(H,34,35)(H,36,37)(H,38,39). The van der Waals surface area contributed by atoms with Crippen molar-refractivity contribution in [1.82, 2.24) is 14.7 Å². The van der Waals surface area contributed by atoms with E-state index in [-0.39, 0.29) is 45.1 Å². The van der Waals surface area contributed by atoms with E-state index in [4.69, 9.17) is 20.2 Å². The van der Waals surface area contributed by atoms with Crippen molar-refractivity contribution in [3.05, 3.63) is 48.5 Å². The van der Waals surface area contributed by atoms with Crippen LogP contribution in [0.3, 0.4) is 0 Å². The molecule has 2 rings (SSSR count). The van der Waals surface area contributed by atoms with E-state index in [2.05, 4.69) is 4.89 Å². The van der Waals surface area contributed by atoms with E-state index in [9.17, 15) is 34.5 Å². The van der Waals surface area contributed by atoms with Crippen LogP contribution in [0, 0.1) is 0 Å². The number of aliphatic carboxylic acids is 4. The van der Waals surface area contributed by atoms with Crippen molar-refractivity contribution in [3.8, 4) is 22.6 Å². The molecule has 0 aliphatic heterocycles. The van der Waals surface area contributed by atoms with E-state index in [1.165, 1.54) is 9.80 Å². The van der Waals surface area contributed by atoms with Gasteiger partial charge in [-0.1, -0.05) is 24.3 Å². The first-order valence-corrected chi connectivity index (χ1v) is 12.8. The highest BCUT2D eigenvalue weighted by molar-refractivity contribution is 5.72. The summed E-state index contributed by atoms with van der Waals surface area (Å²) in [6, 6.07) is 12.9. The van der Waals surface area contributed by atoms with E-state index in [0.717, 1.165) is 16.0 Å². The van der Waals surface area contributed by atoms with Gasteiger partial charge < -0.3 is 30.3 Å². The molecule has 0 amide bonds. The van der Waals surface area contributed by atoms with Crippen molar-refractivity contribution in [2.45, 2.75) is 6.04 Å². The molecule has 15 nitrogen and oxygen atoms in total. The molecule has 0 aliphatic carbocycles. The van der Waals surface area contributed by atoms with Gasteiger partial charge in [-0.15, -0.1) is 0 Å². The number of aromatic hydroxyl groups is 1. The van der Waals surface area contributed by atoms with E-state index in [0.29, 0.717) is 5.75 Å². The Bertz CT molecular complexity index is 1140. The molecule has 0 radical (unpaired) electrons. The van der Waals surface area contributed by atoms with Crippen LogP contribution in [0.2, 0.25) is 0 Å². The SMILES string of the molecule is O=C(O)CN(CCN(CC(=O)O)CC(COc1ccc(-c2ccc(O)cc2)cc1)N(CCOO)CC(=O)O)CC(=O)O. The third-order valence-corrected chi connectivity index (χ3v) is 6.10. The van der Waals surface area contributed by atoms with Gasteiger partial charge in [0, 0.05) is 26.2 Å². The summed E-state index contributed by atoms with van der Waals surface area (Å²) in [6.45, 7) is -2.68. The van der Waals surface area contributed by atoms with Crippen molar-refractivity contribution in [2.24, 2.45) is 0 Å². The lowest BCUT2D eigenvalue weighted by Gasteiger charge is -2.34. The summed E-state index contributed by atoms with van der Waals surface area (Å²) < 4.78 is 5.94. The zero-order valence-corrected chi connectivity index (χ0v) is 22.7. The largest absolute Gasteiger partial charge is 0.508 e. The van der Waals surface area contributed by atoms with E-state index in [1.807, 2.05) is 0 Å². The molecule has 0 aromatic heterocycles. The molecule has 0 spiro atoms. The maximum atomic E-state index is 11.6. The molecule has 0 saturated heterocycles. The first-order chi connectivity index (χ1) is 20.0. The van der Waals surface area contributed by atoms with Crippen LogP contribution in [0.15, 0.2) is 48.5 Å². The summed E-state index contributed by atoms with van der Waals surface area (Å²) >= 11 is 0. The van der Waals surface area contributed by atoms with Crippen LogP contribution in [-0.2, 0) is 24.1 Å². The van der Waals surface area contributed by atoms with Gasteiger partial charge in [-0.25, -0.2) is 4.89 Å². The Morgan fingerprint density at radius 3 is 1.64 bits per heavy atom. The van der Waals surface area contributed by atoms with Crippen LogP contribution in [0.5, 0.6) is 11.5 Å². The minimum atomic E-state index is -1.25. The molecular formula is C27H35N3O12. The van der Waals surface area contributed by atoms with Crippen molar-refractivity contribution >= 4 is 23.9 Å². The number of benzene rings is 2. The van der Waals surface area contributed by atoms with Crippen molar-refractivity contribution in [1.29, 1.82) is 0 Å². The van der Waals surface area contributed by atoms with Gasteiger partial charge in [-0.3, -0.25) is 39.1 Å². The highest BCUT2D eigenvalue weighted by Crippen LogP contribution is 2.24. The lowest BCUT2D eigenvalue weighted by Crippen LogP contribution is -2.52. The zero-order valence-electron chi connectivity index (χ0n) is 22.7. The number of rotatable bonds is 21. The Balaban J connectivity index is 2.23. The Kier molecular flexibility index (Phi) is 14.1. The number of hydrogen-bond donors (Lipinski definition) is 6. The lowest BCUT2D eigenvalue weighted by atomic mass is 10.1. The fourth-order valence-electron chi connectivity index (χ4n) is 4.19. The molecular weight excluding hydrogens is 558 g/mol. The molecule has 230 valence electrons. The molecule has 2 aromatic rings. The van der Waals surface area contributed by atoms with Crippen LogP contribution in [0.25, 0.3) is 11.1 Å². The van der Waals surface area contributed by atoms with Gasteiger partial charge in [0.25, 0.3) is 0 Å². The fourth-order valence-corrected chi connectivity index (χ4v) is 4.19. The predicted molar refractivity (Wildman–Crippen MR) is 146 cm³/mol. The number of carboxylic acid groups (broad SMARTS) is 4. The molecule has 15 heteroatoms. The van der Waals surface area contributed by atoms with Crippen molar-refractivity contribution < 1.29 is 59.6 Å². The molecule has 42 heavy (non-hydrogen) atoms. The summed E-state index contributed by atoms with van der Waals surface area (Å²) in [5, 5.41) is 55.5. The summed E-state index contributed by atoms with van der Waals surface area (Å²) in [6.07, 6.45) is 0. The average Bonchev–Trinajstić information content (AvgIpc) is 2.91. The maximum absolute atomic E-state index is 11.6. The number of phenols is 1. The Morgan fingerprint density at radius 2 is 1.14 bits per heavy atom. The number of carboxylic acids is 4. The number of ether oxygens (including phenoxy) is 1. The number of carbonyl (C=O) groups is 4. The molecule has 0 heterocycles. The Morgan fingerprint density at radius 1 is 0.667 bits per heavy atom. The molecule has 0 aliphatic rings. The lowest BCUT2D eigenvalue weighted by molar-refractivity contribution is -0.244. The topological polar surface area (TPSA) is 218 Å². The zero-order chi connectivity index (χ0) is 31.1. The highest BCUT2D eigenvalue weighted by Gasteiger charge is 2.26. The van der Waals surface area contributed by atoms with Crippen molar-refractivity contribution in [2.75, 3.05) is 65.6 Å². The van der Waals surface area contributed by atoms with E-state index in [1.54, 1.807) is 48.5 Å². The fraction of sp³-hybridized carbons (Fsp3) is 0.407. The molecule has 0 fully saturated rings. The first kappa shape index (κ1) is 33.9. The Hall–Kier alpha value is -4.28. The molecule has 1 atom stereocenters. The quantitative estimate of drug-likeness (QED) is 0.0859. The first-order valence-electron chi connectivity index (χ1n) is 12.8. The summed E-state index contributed by atoms with van der Waals surface area (Å²) in [4.78, 5) is 53.7. The van der Waals surface area contributed by atoms with Gasteiger partial charge in [0.15, 0.2) is 0 Å². The Labute approximate surface area is 241 Å². The van der Waals surface area contributed by atoms with Crippen LogP contribution in [-0.4, -0.2) is 141 Å². The third kappa shape index (κ3) is 12.9. The van der Waals surface area contributed by atoms with Gasteiger partial charge >= 0.3 is 23.9 Å². The number of hydrogen-bond acceptors (Lipinski definition) is 11. The third-order valence-electron chi connectivity index (χ3n) is 6.10. The molecule has 2 aromatic carbocycles. The minimum absolute atomic E-state index is 0.0396. The van der Waals surface area contributed by atoms with Gasteiger partial charge in [-0.2, -0.15) is 0 Å². The molecule has 1 unspecified atom stereocenters. The highest BCUT2D eigenvalue weighted by atomic mass is 17.1. The van der Waals surface area contributed by atoms with Gasteiger partial charge in [0.2, 0.25) is 0 Å². The van der Waals surface area contributed by atoms with Gasteiger partial charge in [0.05, 0.1) is 38.8 Å². The number of nitrogens with zero attached hydrogens (tertiary/aromatic N) is 3. The molecule has 6 N–H and O–H groups in total. The van der Waals surface area contributed by atoms with Crippen molar-refractivity contribution in [3.63, 3.8) is 0 Å². The second-order valence-electron chi connectivity index (χ2n) is 9.36.